The van der Waals surface area contributed by atoms with Crippen molar-refractivity contribution in [3.63, 3.8) is 0 Å². The first-order valence-corrected chi connectivity index (χ1v) is 5.54. The highest BCUT2D eigenvalue weighted by atomic mass is 16.5. The molecule has 1 rings (SSSR count). The Labute approximate surface area is 92.4 Å². The number of aryl methyl sites for hydroxylation is 2. The fourth-order valence-corrected chi connectivity index (χ4v) is 1.62. The second-order valence-corrected chi connectivity index (χ2v) is 4.21. The Kier molecular flexibility index (Phi) is 4.63. The van der Waals surface area contributed by atoms with Gasteiger partial charge in [0.2, 0.25) is 0 Å². The Morgan fingerprint density at radius 2 is 1.87 bits per heavy atom. The molecule has 0 radical (unpaired) electrons. The van der Waals surface area contributed by atoms with Crippen molar-refractivity contribution in [2.45, 2.75) is 27.2 Å². The summed E-state index contributed by atoms with van der Waals surface area (Å²) in [5.41, 5.74) is 7.91. The molecule has 0 aliphatic heterocycles. The van der Waals surface area contributed by atoms with Crippen molar-refractivity contribution in [1.82, 2.24) is 0 Å². The quantitative estimate of drug-likeness (QED) is 0.805. The zero-order valence-corrected chi connectivity index (χ0v) is 9.92. The van der Waals surface area contributed by atoms with E-state index in [-0.39, 0.29) is 0 Å². The van der Waals surface area contributed by atoms with Crippen molar-refractivity contribution in [2.75, 3.05) is 13.2 Å². The largest absolute Gasteiger partial charge is 0.493 e. The van der Waals surface area contributed by atoms with Crippen LogP contribution >= 0.6 is 0 Å². The second-order valence-electron chi connectivity index (χ2n) is 4.21. The van der Waals surface area contributed by atoms with Crippen molar-refractivity contribution in [1.29, 1.82) is 0 Å². The van der Waals surface area contributed by atoms with Crippen LogP contribution in [0.2, 0.25) is 0 Å². The van der Waals surface area contributed by atoms with E-state index in [1.165, 1.54) is 11.1 Å². The van der Waals surface area contributed by atoms with Crippen LogP contribution < -0.4 is 10.5 Å². The highest BCUT2D eigenvalue weighted by Crippen LogP contribution is 2.23. The summed E-state index contributed by atoms with van der Waals surface area (Å²) in [5, 5.41) is 0. The Morgan fingerprint density at radius 1 is 1.27 bits per heavy atom. The van der Waals surface area contributed by atoms with Crippen LogP contribution in [-0.4, -0.2) is 13.2 Å². The van der Waals surface area contributed by atoms with Gasteiger partial charge in [-0.25, -0.2) is 0 Å². The Morgan fingerprint density at radius 3 is 2.40 bits per heavy atom. The van der Waals surface area contributed by atoms with Crippen LogP contribution in [0.3, 0.4) is 0 Å². The summed E-state index contributed by atoms with van der Waals surface area (Å²) in [6.45, 7) is 7.81. The smallest absolute Gasteiger partial charge is 0.125 e. The van der Waals surface area contributed by atoms with E-state index in [1.54, 1.807) is 0 Å². The topological polar surface area (TPSA) is 35.2 Å². The Balaban J connectivity index is 2.57. The lowest BCUT2D eigenvalue weighted by molar-refractivity contribution is 0.251. The van der Waals surface area contributed by atoms with Gasteiger partial charge < -0.3 is 10.5 Å². The molecule has 2 N–H and O–H groups in total. The van der Waals surface area contributed by atoms with Gasteiger partial charge in [0.1, 0.15) is 5.75 Å². The summed E-state index contributed by atoms with van der Waals surface area (Å²) in [5.74, 6) is 1.55. The fraction of sp³-hybridized carbons (Fsp3) is 0.538. The predicted octanol–water partition coefficient (Wildman–Crippen LogP) is 2.67. The maximum Gasteiger partial charge on any atom is 0.125 e. The highest BCUT2D eigenvalue weighted by molar-refractivity contribution is 5.39. The lowest BCUT2D eigenvalue weighted by Crippen LogP contribution is -2.14. The molecular weight excluding hydrogens is 186 g/mol. The van der Waals surface area contributed by atoms with Gasteiger partial charge in [-0.1, -0.05) is 25.1 Å². The van der Waals surface area contributed by atoms with E-state index in [0.717, 1.165) is 25.3 Å². The van der Waals surface area contributed by atoms with E-state index < -0.39 is 0 Å². The molecule has 0 saturated heterocycles. The molecule has 0 aliphatic rings. The summed E-state index contributed by atoms with van der Waals surface area (Å²) in [7, 11) is 0. The Hall–Kier alpha value is -1.02. The van der Waals surface area contributed by atoms with Gasteiger partial charge in [0.05, 0.1) is 6.61 Å². The molecule has 1 aromatic rings. The number of hydrogen-bond donors (Lipinski definition) is 1. The molecule has 0 fully saturated rings. The number of para-hydroxylation sites is 1. The Bertz CT molecular complexity index is 289. The van der Waals surface area contributed by atoms with E-state index in [1.807, 2.05) is 0 Å². The molecule has 84 valence electrons. The van der Waals surface area contributed by atoms with Crippen molar-refractivity contribution < 1.29 is 4.74 Å². The third kappa shape index (κ3) is 3.56. The van der Waals surface area contributed by atoms with Crippen LogP contribution in [0.5, 0.6) is 5.75 Å². The molecule has 0 unspecified atom stereocenters. The second kappa shape index (κ2) is 5.76. The third-order valence-electron chi connectivity index (χ3n) is 2.58. The summed E-state index contributed by atoms with van der Waals surface area (Å²) in [4.78, 5) is 0. The van der Waals surface area contributed by atoms with Crippen LogP contribution in [-0.2, 0) is 0 Å². The van der Waals surface area contributed by atoms with E-state index in [2.05, 4.69) is 39.0 Å². The zero-order valence-electron chi connectivity index (χ0n) is 9.92. The summed E-state index contributed by atoms with van der Waals surface area (Å²) >= 11 is 0. The molecule has 2 heteroatoms. The first-order valence-electron chi connectivity index (χ1n) is 5.54. The maximum absolute atomic E-state index is 5.83. The molecule has 1 atom stereocenters. The summed E-state index contributed by atoms with van der Waals surface area (Å²) < 4.78 is 5.83. The number of nitrogens with two attached hydrogens (primary N) is 1. The number of ether oxygens (including phenoxy) is 1. The van der Waals surface area contributed by atoms with Gasteiger partial charge in [-0.05, 0) is 43.9 Å². The van der Waals surface area contributed by atoms with Crippen LogP contribution in [0.1, 0.15) is 24.5 Å². The van der Waals surface area contributed by atoms with E-state index in [9.17, 15) is 0 Å². The van der Waals surface area contributed by atoms with Crippen LogP contribution in [0, 0.1) is 19.8 Å². The van der Waals surface area contributed by atoms with Gasteiger partial charge in [0.15, 0.2) is 0 Å². The molecule has 0 heterocycles. The summed E-state index contributed by atoms with van der Waals surface area (Å²) in [6, 6.07) is 6.21. The van der Waals surface area contributed by atoms with Crippen molar-refractivity contribution in [3.05, 3.63) is 29.3 Å². The molecule has 0 saturated carbocycles. The molecular formula is C13H21NO. The van der Waals surface area contributed by atoms with Crippen molar-refractivity contribution in [2.24, 2.45) is 11.7 Å². The molecule has 2 nitrogen and oxygen atoms in total. The van der Waals surface area contributed by atoms with Gasteiger partial charge in [-0.2, -0.15) is 0 Å². The third-order valence-corrected chi connectivity index (χ3v) is 2.58. The zero-order chi connectivity index (χ0) is 11.3. The first-order chi connectivity index (χ1) is 7.15. The van der Waals surface area contributed by atoms with Gasteiger partial charge in [0.25, 0.3) is 0 Å². The highest BCUT2D eigenvalue weighted by Gasteiger charge is 2.06. The van der Waals surface area contributed by atoms with Crippen molar-refractivity contribution >= 4 is 0 Å². The number of benzene rings is 1. The van der Waals surface area contributed by atoms with Gasteiger partial charge >= 0.3 is 0 Å². The molecule has 0 aromatic heterocycles. The normalized spacial score (nSPS) is 12.5. The predicted molar refractivity (Wildman–Crippen MR) is 64.2 cm³/mol. The molecule has 0 aliphatic carbocycles. The SMILES string of the molecule is Cc1cccc(C)c1OC[C@H](C)CCN. The standard InChI is InChI=1S/C13H21NO/c1-10(7-8-14)9-15-13-11(2)5-4-6-12(13)3/h4-6,10H,7-9,14H2,1-3H3/t10-/m1/s1. The van der Waals surface area contributed by atoms with Gasteiger partial charge in [-0.3, -0.25) is 0 Å². The van der Waals surface area contributed by atoms with Crippen LogP contribution in [0.15, 0.2) is 18.2 Å². The number of rotatable bonds is 5. The van der Waals surface area contributed by atoms with Crippen molar-refractivity contribution in [3.8, 4) is 5.75 Å². The number of hydrogen-bond acceptors (Lipinski definition) is 2. The molecule has 15 heavy (non-hydrogen) atoms. The van der Waals surface area contributed by atoms with Crippen LogP contribution in [0.4, 0.5) is 0 Å². The lowest BCUT2D eigenvalue weighted by Gasteiger charge is -2.15. The average Bonchev–Trinajstić information content (AvgIpc) is 2.17. The van der Waals surface area contributed by atoms with Gasteiger partial charge in [-0.15, -0.1) is 0 Å². The molecule has 0 spiro atoms. The van der Waals surface area contributed by atoms with Crippen LogP contribution in [0.25, 0.3) is 0 Å². The first kappa shape index (κ1) is 12.1. The monoisotopic (exact) mass is 207 g/mol. The minimum atomic E-state index is 0.522. The fourth-order valence-electron chi connectivity index (χ4n) is 1.62. The molecule has 1 aromatic carbocycles. The van der Waals surface area contributed by atoms with E-state index in [0.29, 0.717) is 5.92 Å². The maximum atomic E-state index is 5.83. The lowest BCUT2D eigenvalue weighted by atomic mass is 10.1. The summed E-state index contributed by atoms with van der Waals surface area (Å²) in [6.07, 6.45) is 1.02. The van der Waals surface area contributed by atoms with E-state index >= 15 is 0 Å². The minimum Gasteiger partial charge on any atom is -0.493 e. The molecule has 0 amide bonds. The van der Waals surface area contributed by atoms with E-state index in [4.69, 9.17) is 10.5 Å². The average molecular weight is 207 g/mol. The minimum absolute atomic E-state index is 0.522. The van der Waals surface area contributed by atoms with Gasteiger partial charge in [0, 0.05) is 0 Å². The molecule has 0 bridgehead atoms.